The Kier molecular flexibility index (Phi) is 8.69. The standard InChI is InChI=1S/C22H26N2O5/c1-2-9-18(21(26)27)23-20(25)19(14-16-10-5-3-6-11-16)24-22(28)29-15-17-12-7-4-8-13-17/h3-8,10-13,18-19H,2,9,14-15H2,1H3,(H,23,25)(H,24,28)(H,26,27)/t18-,19+/m1/s1. The highest BCUT2D eigenvalue weighted by Gasteiger charge is 2.26. The van der Waals surface area contributed by atoms with Crippen molar-refractivity contribution in [3.8, 4) is 0 Å². The smallest absolute Gasteiger partial charge is 0.408 e. The number of hydrogen-bond acceptors (Lipinski definition) is 4. The van der Waals surface area contributed by atoms with Gasteiger partial charge in [-0.05, 0) is 17.5 Å². The second-order valence-corrected chi connectivity index (χ2v) is 6.64. The number of amides is 2. The number of carbonyl (C=O) groups excluding carboxylic acids is 2. The minimum atomic E-state index is -1.11. The predicted octanol–water partition coefficient (Wildman–Crippen LogP) is 2.89. The third-order valence-corrected chi connectivity index (χ3v) is 4.30. The molecule has 0 fully saturated rings. The zero-order chi connectivity index (χ0) is 21.1. The number of alkyl carbamates (subject to hydrolysis) is 1. The minimum Gasteiger partial charge on any atom is -0.480 e. The molecule has 154 valence electrons. The molecule has 7 heteroatoms. The summed E-state index contributed by atoms with van der Waals surface area (Å²) in [5.74, 6) is -1.67. The van der Waals surface area contributed by atoms with E-state index in [1.54, 1.807) is 0 Å². The summed E-state index contributed by atoms with van der Waals surface area (Å²) in [6.07, 6.45) is 0.378. The Labute approximate surface area is 170 Å². The molecule has 0 radical (unpaired) electrons. The van der Waals surface area contributed by atoms with E-state index in [9.17, 15) is 19.5 Å². The van der Waals surface area contributed by atoms with Crippen LogP contribution in [-0.2, 0) is 27.4 Å². The fraction of sp³-hybridized carbons (Fsp3) is 0.318. The first kappa shape index (κ1) is 21.9. The highest BCUT2D eigenvalue weighted by atomic mass is 16.5. The van der Waals surface area contributed by atoms with E-state index in [4.69, 9.17) is 4.74 Å². The van der Waals surface area contributed by atoms with Crippen LogP contribution in [0.2, 0.25) is 0 Å². The summed E-state index contributed by atoms with van der Waals surface area (Å²) in [5.41, 5.74) is 1.65. The van der Waals surface area contributed by atoms with E-state index in [0.717, 1.165) is 11.1 Å². The Morgan fingerprint density at radius 2 is 1.48 bits per heavy atom. The summed E-state index contributed by atoms with van der Waals surface area (Å²) < 4.78 is 5.20. The Morgan fingerprint density at radius 3 is 2.03 bits per heavy atom. The van der Waals surface area contributed by atoms with Crippen LogP contribution in [0, 0.1) is 0 Å². The first-order valence-corrected chi connectivity index (χ1v) is 9.54. The lowest BCUT2D eigenvalue weighted by Crippen LogP contribution is -2.52. The molecule has 0 aliphatic heterocycles. The van der Waals surface area contributed by atoms with E-state index < -0.39 is 30.1 Å². The van der Waals surface area contributed by atoms with E-state index in [-0.39, 0.29) is 13.0 Å². The third kappa shape index (κ3) is 7.65. The maximum atomic E-state index is 12.7. The van der Waals surface area contributed by atoms with E-state index >= 15 is 0 Å². The van der Waals surface area contributed by atoms with Gasteiger partial charge in [-0.3, -0.25) is 4.79 Å². The number of hydrogen-bond donors (Lipinski definition) is 3. The predicted molar refractivity (Wildman–Crippen MR) is 108 cm³/mol. The summed E-state index contributed by atoms with van der Waals surface area (Å²) in [6, 6.07) is 16.4. The fourth-order valence-corrected chi connectivity index (χ4v) is 2.78. The van der Waals surface area contributed by atoms with Crippen LogP contribution >= 0.6 is 0 Å². The van der Waals surface area contributed by atoms with Gasteiger partial charge in [-0.2, -0.15) is 0 Å². The van der Waals surface area contributed by atoms with Gasteiger partial charge in [0.1, 0.15) is 18.7 Å². The van der Waals surface area contributed by atoms with E-state index in [0.29, 0.717) is 12.8 Å². The molecule has 0 saturated heterocycles. The van der Waals surface area contributed by atoms with Crippen LogP contribution in [0.25, 0.3) is 0 Å². The summed E-state index contributed by atoms with van der Waals surface area (Å²) in [7, 11) is 0. The SMILES string of the molecule is CCC[C@@H](NC(=O)[C@H](Cc1ccccc1)NC(=O)OCc1ccccc1)C(=O)O. The zero-order valence-corrected chi connectivity index (χ0v) is 16.3. The van der Waals surface area contributed by atoms with Crippen molar-refractivity contribution in [2.45, 2.75) is 44.9 Å². The molecule has 0 bridgehead atoms. The second kappa shape index (κ2) is 11.5. The van der Waals surface area contributed by atoms with Crippen molar-refractivity contribution in [2.24, 2.45) is 0 Å². The third-order valence-electron chi connectivity index (χ3n) is 4.30. The van der Waals surface area contributed by atoms with Gasteiger partial charge in [0.15, 0.2) is 0 Å². The van der Waals surface area contributed by atoms with Gasteiger partial charge in [-0.25, -0.2) is 9.59 Å². The van der Waals surface area contributed by atoms with Crippen molar-refractivity contribution >= 4 is 18.0 Å². The molecule has 2 aromatic carbocycles. The van der Waals surface area contributed by atoms with Gasteiger partial charge >= 0.3 is 12.1 Å². The van der Waals surface area contributed by atoms with E-state index in [1.165, 1.54) is 0 Å². The first-order chi connectivity index (χ1) is 14.0. The van der Waals surface area contributed by atoms with Crippen LogP contribution in [-0.4, -0.2) is 35.2 Å². The van der Waals surface area contributed by atoms with E-state index in [2.05, 4.69) is 10.6 Å². The monoisotopic (exact) mass is 398 g/mol. The molecule has 0 saturated carbocycles. The van der Waals surface area contributed by atoms with Crippen LogP contribution < -0.4 is 10.6 Å². The van der Waals surface area contributed by atoms with Gasteiger partial charge in [-0.15, -0.1) is 0 Å². The van der Waals surface area contributed by atoms with Crippen molar-refractivity contribution < 1.29 is 24.2 Å². The van der Waals surface area contributed by atoms with Gasteiger partial charge in [0, 0.05) is 6.42 Å². The molecule has 0 unspecified atom stereocenters. The lowest BCUT2D eigenvalue weighted by Gasteiger charge is -2.21. The maximum Gasteiger partial charge on any atom is 0.408 e. The van der Waals surface area contributed by atoms with Crippen LogP contribution in [0.15, 0.2) is 60.7 Å². The van der Waals surface area contributed by atoms with Gasteiger partial charge in [0.2, 0.25) is 5.91 Å². The quantitative estimate of drug-likeness (QED) is 0.571. The van der Waals surface area contributed by atoms with Crippen molar-refractivity contribution in [1.29, 1.82) is 0 Å². The molecule has 0 heterocycles. The molecule has 0 aliphatic carbocycles. The maximum absolute atomic E-state index is 12.7. The Morgan fingerprint density at radius 1 is 0.897 bits per heavy atom. The second-order valence-electron chi connectivity index (χ2n) is 6.64. The molecule has 2 aromatic rings. The largest absolute Gasteiger partial charge is 0.480 e. The first-order valence-electron chi connectivity index (χ1n) is 9.54. The highest BCUT2D eigenvalue weighted by Crippen LogP contribution is 2.07. The van der Waals surface area contributed by atoms with Gasteiger partial charge in [0.05, 0.1) is 0 Å². The van der Waals surface area contributed by atoms with Crippen molar-refractivity contribution in [1.82, 2.24) is 10.6 Å². The van der Waals surface area contributed by atoms with Gasteiger partial charge in [0.25, 0.3) is 0 Å². The van der Waals surface area contributed by atoms with Crippen molar-refractivity contribution in [2.75, 3.05) is 0 Å². The lowest BCUT2D eigenvalue weighted by atomic mass is 10.0. The number of carbonyl (C=O) groups is 3. The van der Waals surface area contributed by atoms with Crippen molar-refractivity contribution in [3.63, 3.8) is 0 Å². The molecule has 0 aliphatic rings. The summed E-state index contributed by atoms with van der Waals surface area (Å²) in [4.78, 5) is 36.3. The molecule has 29 heavy (non-hydrogen) atoms. The number of rotatable bonds is 10. The van der Waals surface area contributed by atoms with E-state index in [1.807, 2.05) is 67.6 Å². The number of carboxylic acids is 1. The van der Waals surface area contributed by atoms with Crippen LogP contribution in [0.4, 0.5) is 4.79 Å². The molecular formula is C22H26N2O5. The highest BCUT2D eigenvalue weighted by molar-refractivity contribution is 5.89. The van der Waals surface area contributed by atoms with Crippen molar-refractivity contribution in [3.05, 3.63) is 71.8 Å². The Balaban J connectivity index is 2.04. The molecule has 0 spiro atoms. The summed E-state index contributed by atoms with van der Waals surface area (Å²) >= 11 is 0. The average molecular weight is 398 g/mol. The molecular weight excluding hydrogens is 372 g/mol. The fourth-order valence-electron chi connectivity index (χ4n) is 2.78. The zero-order valence-electron chi connectivity index (χ0n) is 16.3. The van der Waals surface area contributed by atoms with Gasteiger partial charge in [-0.1, -0.05) is 74.0 Å². The lowest BCUT2D eigenvalue weighted by molar-refractivity contribution is -0.142. The average Bonchev–Trinajstić information content (AvgIpc) is 2.73. The summed E-state index contributed by atoms with van der Waals surface area (Å²) in [5, 5.41) is 14.4. The number of carboxylic acid groups (broad SMARTS) is 1. The molecule has 2 amide bonds. The van der Waals surface area contributed by atoms with Crippen LogP contribution in [0.1, 0.15) is 30.9 Å². The van der Waals surface area contributed by atoms with Crippen LogP contribution in [0.3, 0.4) is 0 Å². The topological polar surface area (TPSA) is 105 Å². The van der Waals surface area contributed by atoms with Crippen LogP contribution in [0.5, 0.6) is 0 Å². The molecule has 3 N–H and O–H groups in total. The normalized spacial score (nSPS) is 12.4. The number of aliphatic carboxylic acids is 1. The molecule has 7 nitrogen and oxygen atoms in total. The number of ether oxygens (including phenoxy) is 1. The Hall–Kier alpha value is -3.35. The summed E-state index contributed by atoms with van der Waals surface area (Å²) in [6.45, 7) is 1.91. The minimum absolute atomic E-state index is 0.0694. The molecule has 0 aromatic heterocycles. The molecule has 2 atom stereocenters. The van der Waals surface area contributed by atoms with Gasteiger partial charge < -0.3 is 20.5 Å². The number of benzene rings is 2. The molecule has 2 rings (SSSR count). The Bertz CT molecular complexity index is 795. The number of nitrogens with one attached hydrogen (secondary N) is 2.